The molecule has 1 aliphatic heterocycles. The summed E-state index contributed by atoms with van der Waals surface area (Å²) in [4.78, 5) is 2.45. The van der Waals surface area contributed by atoms with Gasteiger partial charge in [0.2, 0.25) is 0 Å². The van der Waals surface area contributed by atoms with E-state index in [0.717, 1.165) is 38.2 Å². The van der Waals surface area contributed by atoms with Crippen molar-refractivity contribution in [3.05, 3.63) is 29.8 Å². The Balaban J connectivity index is 0.00000144. The lowest BCUT2D eigenvalue weighted by molar-refractivity contribution is 0.203. The van der Waals surface area contributed by atoms with E-state index in [-0.39, 0.29) is 24.8 Å². The van der Waals surface area contributed by atoms with Crippen molar-refractivity contribution in [1.82, 2.24) is 4.90 Å². The second kappa shape index (κ2) is 8.59. The van der Waals surface area contributed by atoms with Crippen LogP contribution in [0.5, 0.6) is 5.75 Å². The van der Waals surface area contributed by atoms with Crippen LogP contribution in [0.2, 0.25) is 0 Å². The van der Waals surface area contributed by atoms with Gasteiger partial charge in [-0.3, -0.25) is 4.90 Å². The Morgan fingerprint density at radius 3 is 2.44 bits per heavy atom. The number of nitrogens with zero attached hydrogens (tertiary/aromatic N) is 1. The third-order valence-corrected chi connectivity index (χ3v) is 3.22. The second-order valence-electron chi connectivity index (χ2n) is 4.43. The minimum Gasteiger partial charge on any atom is -0.496 e. The van der Waals surface area contributed by atoms with Gasteiger partial charge < -0.3 is 10.5 Å². The molecule has 0 unspecified atom stereocenters. The minimum atomic E-state index is 0. The third-order valence-electron chi connectivity index (χ3n) is 3.22. The van der Waals surface area contributed by atoms with Gasteiger partial charge in [-0.2, -0.15) is 0 Å². The normalized spacial score (nSPS) is 16.6. The second-order valence-corrected chi connectivity index (χ2v) is 4.43. The highest BCUT2D eigenvalue weighted by molar-refractivity contribution is 5.85. The SMILES string of the molecule is COc1ccccc1CN1CCC(N)CC1.Cl.Cl. The number of piperidine rings is 1. The Hall–Kier alpha value is -0.480. The maximum Gasteiger partial charge on any atom is 0.123 e. The molecule has 0 atom stereocenters. The highest BCUT2D eigenvalue weighted by Gasteiger charge is 2.16. The number of hydrogen-bond acceptors (Lipinski definition) is 3. The summed E-state index contributed by atoms with van der Waals surface area (Å²) < 4.78 is 5.36. The first-order chi connectivity index (χ1) is 7.79. The van der Waals surface area contributed by atoms with Gasteiger partial charge in [-0.25, -0.2) is 0 Å². The van der Waals surface area contributed by atoms with Crippen molar-refractivity contribution >= 4 is 24.8 Å². The largest absolute Gasteiger partial charge is 0.496 e. The van der Waals surface area contributed by atoms with Gasteiger partial charge in [0, 0.05) is 18.2 Å². The molecule has 1 aromatic carbocycles. The lowest BCUT2D eigenvalue weighted by Crippen LogP contribution is -2.39. The number of hydrogen-bond donors (Lipinski definition) is 1. The Kier molecular flexibility index (Phi) is 8.36. The number of rotatable bonds is 3. The molecule has 2 N–H and O–H groups in total. The lowest BCUT2D eigenvalue weighted by Gasteiger charge is -2.30. The van der Waals surface area contributed by atoms with E-state index in [1.807, 2.05) is 12.1 Å². The van der Waals surface area contributed by atoms with Crippen molar-refractivity contribution < 1.29 is 4.74 Å². The zero-order chi connectivity index (χ0) is 11.4. The first kappa shape index (κ1) is 17.5. The number of benzene rings is 1. The summed E-state index contributed by atoms with van der Waals surface area (Å²) in [7, 11) is 1.73. The van der Waals surface area contributed by atoms with Crippen LogP contribution in [-0.2, 0) is 6.54 Å². The summed E-state index contributed by atoms with van der Waals surface area (Å²) in [5.41, 5.74) is 7.16. The van der Waals surface area contributed by atoms with Gasteiger partial charge in [0.1, 0.15) is 5.75 Å². The first-order valence-corrected chi connectivity index (χ1v) is 5.89. The number of para-hydroxylation sites is 1. The summed E-state index contributed by atoms with van der Waals surface area (Å²) in [6.07, 6.45) is 2.21. The van der Waals surface area contributed by atoms with E-state index < -0.39 is 0 Å². The Morgan fingerprint density at radius 2 is 1.83 bits per heavy atom. The summed E-state index contributed by atoms with van der Waals surface area (Å²) in [5.74, 6) is 0.984. The monoisotopic (exact) mass is 292 g/mol. The summed E-state index contributed by atoms with van der Waals surface area (Å²) in [5, 5.41) is 0. The maximum atomic E-state index is 5.90. The Morgan fingerprint density at radius 1 is 1.22 bits per heavy atom. The van der Waals surface area contributed by atoms with Crippen LogP contribution >= 0.6 is 24.8 Å². The van der Waals surface area contributed by atoms with E-state index in [4.69, 9.17) is 10.5 Å². The highest BCUT2D eigenvalue weighted by atomic mass is 35.5. The molecule has 0 saturated carbocycles. The van der Waals surface area contributed by atoms with Crippen molar-refractivity contribution in [3.63, 3.8) is 0 Å². The van der Waals surface area contributed by atoms with Crippen molar-refractivity contribution in [2.24, 2.45) is 5.73 Å². The van der Waals surface area contributed by atoms with E-state index in [0.29, 0.717) is 6.04 Å². The molecule has 1 aliphatic rings. The van der Waals surface area contributed by atoms with Gasteiger partial charge in [-0.1, -0.05) is 18.2 Å². The molecule has 0 radical (unpaired) electrons. The number of ether oxygens (including phenoxy) is 1. The fraction of sp³-hybridized carbons (Fsp3) is 0.538. The molecule has 1 saturated heterocycles. The quantitative estimate of drug-likeness (QED) is 0.930. The number of nitrogens with two attached hydrogens (primary N) is 1. The number of methoxy groups -OCH3 is 1. The van der Waals surface area contributed by atoms with E-state index in [1.165, 1.54) is 5.56 Å². The van der Waals surface area contributed by atoms with Crippen molar-refractivity contribution in [2.45, 2.75) is 25.4 Å². The zero-order valence-corrected chi connectivity index (χ0v) is 12.3. The van der Waals surface area contributed by atoms with Crippen LogP contribution in [0.25, 0.3) is 0 Å². The standard InChI is InChI=1S/C13H20N2O.2ClH/c1-16-13-5-3-2-4-11(13)10-15-8-6-12(14)7-9-15;;/h2-5,12H,6-10,14H2,1H3;2*1H. The van der Waals surface area contributed by atoms with Crippen molar-refractivity contribution in [1.29, 1.82) is 0 Å². The van der Waals surface area contributed by atoms with E-state index in [2.05, 4.69) is 17.0 Å². The fourth-order valence-electron chi connectivity index (χ4n) is 2.19. The van der Waals surface area contributed by atoms with E-state index in [9.17, 15) is 0 Å². The average Bonchev–Trinajstić information content (AvgIpc) is 2.33. The van der Waals surface area contributed by atoms with Crippen LogP contribution in [0, 0.1) is 0 Å². The molecule has 0 amide bonds. The van der Waals surface area contributed by atoms with Gasteiger partial charge >= 0.3 is 0 Å². The third kappa shape index (κ3) is 4.65. The lowest BCUT2D eigenvalue weighted by atomic mass is 10.1. The molecule has 0 aromatic heterocycles. The van der Waals surface area contributed by atoms with Crippen molar-refractivity contribution in [3.8, 4) is 5.75 Å². The molecule has 1 aromatic rings. The van der Waals surface area contributed by atoms with Crippen LogP contribution in [0.15, 0.2) is 24.3 Å². The fourth-order valence-corrected chi connectivity index (χ4v) is 2.19. The molecule has 5 heteroatoms. The summed E-state index contributed by atoms with van der Waals surface area (Å²) >= 11 is 0. The van der Waals surface area contributed by atoms with Gasteiger partial charge in [-0.05, 0) is 32.0 Å². The maximum absolute atomic E-state index is 5.90. The average molecular weight is 293 g/mol. The molecule has 2 rings (SSSR count). The number of likely N-dealkylation sites (tertiary alicyclic amines) is 1. The summed E-state index contributed by atoms with van der Waals surface area (Å²) in [6.45, 7) is 3.16. The smallest absolute Gasteiger partial charge is 0.123 e. The molecule has 18 heavy (non-hydrogen) atoms. The highest BCUT2D eigenvalue weighted by Crippen LogP contribution is 2.20. The molecule has 104 valence electrons. The molecule has 0 bridgehead atoms. The predicted molar refractivity (Wildman–Crippen MR) is 80.0 cm³/mol. The molecule has 0 spiro atoms. The van der Waals surface area contributed by atoms with Crippen LogP contribution in [0.1, 0.15) is 18.4 Å². The van der Waals surface area contributed by atoms with Crippen molar-refractivity contribution in [2.75, 3.05) is 20.2 Å². The Labute approximate surface area is 121 Å². The van der Waals surface area contributed by atoms with Gasteiger partial charge in [0.25, 0.3) is 0 Å². The van der Waals surface area contributed by atoms with Gasteiger partial charge in [-0.15, -0.1) is 24.8 Å². The minimum absolute atomic E-state index is 0. The Bertz CT molecular complexity index is 342. The van der Waals surface area contributed by atoms with E-state index in [1.54, 1.807) is 7.11 Å². The molecular formula is C13H22Cl2N2O. The molecule has 0 aliphatic carbocycles. The molecule has 1 heterocycles. The van der Waals surface area contributed by atoms with Gasteiger partial charge in [0.05, 0.1) is 7.11 Å². The van der Waals surface area contributed by atoms with Crippen LogP contribution < -0.4 is 10.5 Å². The van der Waals surface area contributed by atoms with Crippen LogP contribution in [0.3, 0.4) is 0 Å². The van der Waals surface area contributed by atoms with Crippen LogP contribution in [0.4, 0.5) is 0 Å². The molecular weight excluding hydrogens is 271 g/mol. The summed E-state index contributed by atoms with van der Waals surface area (Å²) in [6, 6.07) is 8.62. The van der Waals surface area contributed by atoms with Crippen LogP contribution in [-0.4, -0.2) is 31.1 Å². The van der Waals surface area contributed by atoms with Gasteiger partial charge in [0.15, 0.2) is 0 Å². The molecule has 3 nitrogen and oxygen atoms in total. The first-order valence-electron chi connectivity index (χ1n) is 5.89. The number of halogens is 2. The molecule has 1 fully saturated rings. The zero-order valence-electron chi connectivity index (χ0n) is 10.7. The predicted octanol–water partition coefficient (Wildman–Crippen LogP) is 2.46. The van der Waals surface area contributed by atoms with E-state index >= 15 is 0 Å². The topological polar surface area (TPSA) is 38.5 Å².